The summed E-state index contributed by atoms with van der Waals surface area (Å²) >= 11 is 1.96. The molecule has 1 aliphatic rings. The van der Waals surface area contributed by atoms with Crippen LogP contribution in [0.1, 0.15) is 36.8 Å². The minimum atomic E-state index is 0.332. The monoisotopic (exact) mass is 307 g/mol. The second kappa shape index (κ2) is 8.82. The molecule has 0 fully saturated rings. The van der Waals surface area contributed by atoms with Gasteiger partial charge in [-0.1, -0.05) is 24.3 Å². The van der Waals surface area contributed by atoms with E-state index in [9.17, 15) is 0 Å². The average Bonchev–Trinajstić information content (AvgIpc) is 2.52. The molecule has 0 saturated heterocycles. The molecule has 1 aromatic carbocycles. The first-order chi connectivity index (χ1) is 10.3. The normalized spacial score (nSPS) is 21.2. The molecular formula is C18H29NOS. The second-order valence-corrected chi connectivity index (χ2v) is 7.04. The summed E-state index contributed by atoms with van der Waals surface area (Å²) in [6, 6.07) is 9.09. The number of hydrogen-bond donors (Lipinski definition) is 1. The van der Waals surface area contributed by atoms with Gasteiger partial charge in [0.15, 0.2) is 0 Å². The first kappa shape index (κ1) is 16.9. The van der Waals surface area contributed by atoms with E-state index < -0.39 is 0 Å². The molecule has 0 radical (unpaired) electrons. The van der Waals surface area contributed by atoms with Crippen LogP contribution >= 0.6 is 11.8 Å². The maximum atomic E-state index is 5.17. The van der Waals surface area contributed by atoms with Crippen molar-refractivity contribution in [2.45, 2.75) is 37.5 Å². The number of ether oxygens (including phenoxy) is 1. The van der Waals surface area contributed by atoms with Gasteiger partial charge in [-0.05, 0) is 55.2 Å². The molecule has 0 spiro atoms. The summed E-state index contributed by atoms with van der Waals surface area (Å²) in [5.41, 5.74) is 3.50. The van der Waals surface area contributed by atoms with Crippen LogP contribution in [-0.2, 0) is 16.6 Å². The van der Waals surface area contributed by atoms with E-state index >= 15 is 0 Å². The smallest absolute Gasteiger partial charge is 0.0587 e. The average molecular weight is 308 g/mol. The third kappa shape index (κ3) is 4.48. The number of aryl methyl sites for hydroxylation is 1. The Balaban J connectivity index is 2.12. The van der Waals surface area contributed by atoms with Crippen molar-refractivity contribution >= 4 is 11.8 Å². The fraction of sp³-hybridized carbons (Fsp3) is 0.667. The molecule has 1 N–H and O–H groups in total. The molecule has 0 heterocycles. The van der Waals surface area contributed by atoms with E-state index in [-0.39, 0.29) is 0 Å². The number of nitrogens with one attached hydrogen (secondary N) is 1. The topological polar surface area (TPSA) is 21.3 Å². The molecule has 1 aromatic rings. The molecule has 0 saturated carbocycles. The fourth-order valence-electron chi connectivity index (χ4n) is 3.60. The zero-order valence-corrected chi connectivity index (χ0v) is 14.3. The zero-order valence-electron chi connectivity index (χ0n) is 13.5. The molecule has 21 heavy (non-hydrogen) atoms. The third-order valence-corrected chi connectivity index (χ3v) is 5.34. The first-order valence-corrected chi connectivity index (χ1v) is 9.49. The predicted molar refractivity (Wildman–Crippen MR) is 93.4 cm³/mol. The summed E-state index contributed by atoms with van der Waals surface area (Å²) in [7, 11) is 1.77. The maximum Gasteiger partial charge on any atom is 0.0587 e. The van der Waals surface area contributed by atoms with E-state index in [0.29, 0.717) is 5.41 Å². The largest absolute Gasteiger partial charge is 0.383 e. The van der Waals surface area contributed by atoms with Gasteiger partial charge in [-0.3, -0.25) is 0 Å². The number of fused-ring (bicyclic) bond motifs is 1. The highest BCUT2D eigenvalue weighted by atomic mass is 32.2. The van der Waals surface area contributed by atoms with E-state index in [1.165, 1.54) is 37.9 Å². The van der Waals surface area contributed by atoms with Gasteiger partial charge in [-0.25, -0.2) is 0 Å². The maximum absolute atomic E-state index is 5.17. The van der Waals surface area contributed by atoms with Crippen molar-refractivity contribution in [3.63, 3.8) is 0 Å². The summed E-state index contributed by atoms with van der Waals surface area (Å²) in [6.45, 7) is 2.83. The summed E-state index contributed by atoms with van der Waals surface area (Å²) in [5, 5.41) is 3.63. The van der Waals surface area contributed by atoms with Gasteiger partial charge in [0.25, 0.3) is 0 Å². The molecule has 0 aliphatic heterocycles. The highest BCUT2D eigenvalue weighted by Crippen LogP contribution is 2.40. The predicted octanol–water partition coefficient (Wildman–Crippen LogP) is 3.64. The summed E-state index contributed by atoms with van der Waals surface area (Å²) in [4.78, 5) is 0. The lowest BCUT2D eigenvalue weighted by molar-refractivity contribution is 0.194. The summed E-state index contributed by atoms with van der Waals surface area (Å²) < 4.78 is 5.17. The van der Waals surface area contributed by atoms with Crippen molar-refractivity contribution in [2.24, 2.45) is 0 Å². The lowest BCUT2D eigenvalue weighted by Crippen LogP contribution is -2.42. The number of benzene rings is 1. The molecule has 2 nitrogen and oxygen atoms in total. The minimum absolute atomic E-state index is 0.332. The summed E-state index contributed by atoms with van der Waals surface area (Å²) in [6.07, 6.45) is 8.70. The van der Waals surface area contributed by atoms with Gasteiger partial charge in [-0.2, -0.15) is 11.8 Å². The van der Waals surface area contributed by atoms with Crippen LogP contribution < -0.4 is 5.32 Å². The van der Waals surface area contributed by atoms with Gasteiger partial charge in [0.05, 0.1) is 6.61 Å². The molecule has 0 amide bonds. The number of thioether (sulfide) groups is 1. The van der Waals surface area contributed by atoms with Crippen molar-refractivity contribution in [3.05, 3.63) is 35.4 Å². The van der Waals surface area contributed by atoms with Crippen LogP contribution in [0, 0.1) is 0 Å². The molecule has 118 valence electrons. The third-order valence-electron chi connectivity index (χ3n) is 4.64. The first-order valence-electron chi connectivity index (χ1n) is 8.09. The van der Waals surface area contributed by atoms with Crippen LogP contribution in [-0.4, -0.2) is 38.8 Å². The van der Waals surface area contributed by atoms with E-state index in [0.717, 1.165) is 19.7 Å². The van der Waals surface area contributed by atoms with E-state index in [1.807, 2.05) is 11.8 Å². The molecule has 3 heteroatoms. The van der Waals surface area contributed by atoms with Crippen molar-refractivity contribution < 1.29 is 4.74 Å². The van der Waals surface area contributed by atoms with Gasteiger partial charge in [-0.15, -0.1) is 0 Å². The second-order valence-electron chi connectivity index (χ2n) is 6.06. The zero-order chi connectivity index (χ0) is 15.0. The Hall–Kier alpha value is -0.510. The molecule has 1 atom stereocenters. The Bertz CT molecular complexity index is 423. The van der Waals surface area contributed by atoms with Crippen molar-refractivity contribution in [2.75, 3.05) is 38.8 Å². The van der Waals surface area contributed by atoms with Crippen molar-refractivity contribution in [3.8, 4) is 0 Å². The molecule has 1 unspecified atom stereocenters. The Morgan fingerprint density at radius 2 is 2.19 bits per heavy atom. The van der Waals surface area contributed by atoms with Gasteiger partial charge >= 0.3 is 0 Å². The van der Waals surface area contributed by atoms with Gasteiger partial charge in [0, 0.05) is 25.6 Å². The quantitative estimate of drug-likeness (QED) is 0.704. The lowest BCUT2D eigenvalue weighted by Gasteiger charge is -2.40. The van der Waals surface area contributed by atoms with E-state index in [4.69, 9.17) is 4.74 Å². The minimum Gasteiger partial charge on any atom is -0.383 e. The van der Waals surface area contributed by atoms with Crippen molar-refractivity contribution in [1.29, 1.82) is 0 Å². The van der Waals surface area contributed by atoms with E-state index in [1.54, 1.807) is 18.2 Å². The molecular weight excluding hydrogens is 278 g/mol. The van der Waals surface area contributed by atoms with Crippen LogP contribution in [0.3, 0.4) is 0 Å². The fourth-order valence-corrected chi connectivity index (χ4v) is 4.03. The number of hydrogen-bond acceptors (Lipinski definition) is 3. The number of methoxy groups -OCH3 is 1. The van der Waals surface area contributed by atoms with Crippen LogP contribution in [0.25, 0.3) is 0 Å². The lowest BCUT2D eigenvalue weighted by atomic mass is 9.67. The van der Waals surface area contributed by atoms with Gasteiger partial charge < -0.3 is 10.1 Å². The Morgan fingerprint density at radius 3 is 3.00 bits per heavy atom. The standard InChI is InChI=1S/C18H29NOS/c1-20-13-12-19-15-18(11-6-14-21-2)10-5-8-16-7-3-4-9-17(16)18/h3-4,7,9,19H,5-6,8,10-15H2,1-2H3. The van der Waals surface area contributed by atoms with Crippen LogP contribution in [0.4, 0.5) is 0 Å². The molecule has 0 aromatic heterocycles. The van der Waals surface area contributed by atoms with Crippen molar-refractivity contribution in [1.82, 2.24) is 5.32 Å². The van der Waals surface area contributed by atoms with Gasteiger partial charge in [0.1, 0.15) is 0 Å². The highest BCUT2D eigenvalue weighted by Gasteiger charge is 2.35. The number of rotatable bonds is 9. The Labute approximate surface area is 134 Å². The van der Waals surface area contributed by atoms with E-state index in [2.05, 4.69) is 35.8 Å². The molecule has 2 rings (SSSR count). The van der Waals surface area contributed by atoms with Crippen LogP contribution in [0.5, 0.6) is 0 Å². The van der Waals surface area contributed by atoms with Gasteiger partial charge in [0.2, 0.25) is 0 Å². The Kier molecular flexibility index (Phi) is 7.08. The molecule has 1 aliphatic carbocycles. The SMILES string of the molecule is COCCNCC1(CCCSC)CCCc2ccccc21. The highest BCUT2D eigenvalue weighted by molar-refractivity contribution is 7.98. The van der Waals surface area contributed by atoms with Crippen LogP contribution in [0.2, 0.25) is 0 Å². The summed E-state index contributed by atoms with van der Waals surface area (Å²) in [5.74, 6) is 1.27. The Morgan fingerprint density at radius 1 is 1.33 bits per heavy atom. The van der Waals surface area contributed by atoms with Crippen LogP contribution in [0.15, 0.2) is 24.3 Å². The molecule has 0 bridgehead atoms.